The first-order valence-electron chi connectivity index (χ1n) is 5.73. The molecule has 2 nitrogen and oxygen atoms in total. The average molecular weight is 214 g/mol. The van der Waals surface area contributed by atoms with E-state index in [0.29, 0.717) is 0 Å². The fourth-order valence-corrected chi connectivity index (χ4v) is 7.64. The molecule has 0 spiro atoms. The molecule has 0 N–H and O–H groups in total. The Hall–Kier alpha value is -0.313. The molecular weight excluding hydrogens is 192 g/mol. The predicted octanol–water partition coefficient (Wildman–Crippen LogP) is 3.06. The number of ether oxygens (including phenoxy) is 1. The molecule has 1 fully saturated rings. The molecule has 0 heterocycles. The Bertz CT molecular complexity index is 203. The third kappa shape index (κ3) is 1.87. The summed E-state index contributed by atoms with van der Waals surface area (Å²) in [5, 5.41) is 0. The zero-order chi connectivity index (χ0) is 10.8. The van der Waals surface area contributed by atoms with Crippen molar-refractivity contribution in [1.29, 1.82) is 0 Å². The molecule has 0 aliphatic heterocycles. The van der Waals surface area contributed by atoms with E-state index in [2.05, 4.69) is 20.8 Å². The molecule has 0 radical (unpaired) electrons. The molecule has 0 aromatic rings. The molecule has 0 unspecified atom stereocenters. The molecule has 0 saturated heterocycles. The molecule has 1 aliphatic carbocycles. The summed E-state index contributed by atoms with van der Waals surface area (Å²) in [7, 11) is 0.378. The minimum atomic E-state index is -1.13. The van der Waals surface area contributed by atoms with Crippen LogP contribution >= 0.6 is 0 Å². The standard InChI is InChI=1S/C11H22O2Si/c1-5-14(6-2,7-3)10-8-9(10)11(12)13-4/h9-10H,5-8H2,1-4H3/t9-,10+/m0/s1. The normalized spacial score (nSPS) is 26.0. The first-order chi connectivity index (χ1) is 6.65. The van der Waals surface area contributed by atoms with Crippen LogP contribution < -0.4 is 0 Å². The summed E-state index contributed by atoms with van der Waals surface area (Å²) < 4.78 is 4.82. The Morgan fingerprint density at radius 1 is 1.29 bits per heavy atom. The quantitative estimate of drug-likeness (QED) is 0.519. The second-order valence-corrected chi connectivity index (χ2v) is 9.98. The van der Waals surface area contributed by atoms with Crippen molar-refractivity contribution in [2.75, 3.05) is 7.11 Å². The van der Waals surface area contributed by atoms with Crippen molar-refractivity contribution in [3.8, 4) is 0 Å². The van der Waals surface area contributed by atoms with Crippen molar-refractivity contribution in [2.45, 2.75) is 50.9 Å². The van der Waals surface area contributed by atoms with Gasteiger partial charge in [-0.15, -0.1) is 0 Å². The number of rotatable bonds is 5. The largest absolute Gasteiger partial charge is 0.469 e. The van der Waals surface area contributed by atoms with Gasteiger partial charge in [0.1, 0.15) is 0 Å². The van der Waals surface area contributed by atoms with Gasteiger partial charge in [0.25, 0.3) is 0 Å². The van der Waals surface area contributed by atoms with Crippen LogP contribution in [0.25, 0.3) is 0 Å². The minimum Gasteiger partial charge on any atom is -0.469 e. The highest BCUT2D eigenvalue weighted by atomic mass is 28.3. The molecule has 2 atom stereocenters. The van der Waals surface area contributed by atoms with Crippen molar-refractivity contribution >= 4 is 14.0 Å². The molecule has 0 aromatic carbocycles. The van der Waals surface area contributed by atoms with Gasteiger partial charge in [-0.25, -0.2) is 0 Å². The maximum atomic E-state index is 11.4. The van der Waals surface area contributed by atoms with Crippen molar-refractivity contribution in [3.05, 3.63) is 0 Å². The summed E-state index contributed by atoms with van der Waals surface area (Å²) in [6, 6.07) is 3.95. The second kappa shape index (κ2) is 4.47. The predicted molar refractivity (Wildman–Crippen MR) is 61.1 cm³/mol. The molecule has 3 heteroatoms. The van der Waals surface area contributed by atoms with Crippen LogP contribution in [0, 0.1) is 5.92 Å². The van der Waals surface area contributed by atoms with Crippen LogP contribution in [0.2, 0.25) is 23.7 Å². The average Bonchev–Trinajstić information content (AvgIpc) is 3.01. The van der Waals surface area contributed by atoms with Crippen molar-refractivity contribution in [2.24, 2.45) is 5.92 Å². The summed E-state index contributed by atoms with van der Waals surface area (Å²) in [6.07, 6.45) is 1.11. The van der Waals surface area contributed by atoms with E-state index in [-0.39, 0.29) is 11.9 Å². The maximum absolute atomic E-state index is 11.4. The van der Waals surface area contributed by atoms with Crippen LogP contribution in [0.4, 0.5) is 0 Å². The third-order valence-electron chi connectivity index (χ3n) is 4.19. The Labute approximate surface area is 88.0 Å². The zero-order valence-corrected chi connectivity index (χ0v) is 10.8. The van der Waals surface area contributed by atoms with Crippen molar-refractivity contribution < 1.29 is 9.53 Å². The van der Waals surface area contributed by atoms with Gasteiger partial charge in [-0.2, -0.15) is 0 Å². The molecule has 0 amide bonds. The minimum absolute atomic E-state index is 0.0298. The first-order valence-corrected chi connectivity index (χ1v) is 8.42. The van der Waals surface area contributed by atoms with Gasteiger partial charge in [0.05, 0.1) is 21.1 Å². The first kappa shape index (κ1) is 11.8. The van der Waals surface area contributed by atoms with Gasteiger partial charge in [-0.05, 0) is 12.0 Å². The van der Waals surface area contributed by atoms with E-state index < -0.39 is 8.07 Å². The lowest BCUT2D eigenvalue weighted by Gasteiger charge is -2.28. The Morgan fingerprint density at radius 3 is 2.14 bits per heavy atom. The highest BCUT2D eigenvalue weighted by Crippen LogP contribution is 2.56. The highest BCUT2D eigenvalue weighted by molar-refractivity contribution is 6.82. The number of hydrogen-bond acceptors (Lipinski definition) is 2. The van der Waals surface area contributed by atoms with Crippen LogP contribution in [-0.2, 0) is 9.53 Å². The molecule has 1 rings (SSSR count). The van der Waals surface area contributed by atoms with E-state index in [1.807, 2.05) is 0 Å². The number of esters is 1. The van der Waals surface area contributed by atoms with Gasteiger partial charge in [0.15, 0.2) is 0 Å². The van der Waals surface area contributed by atoms with Crippen LogP contribution in [0.15, 0.2) is 0 Å². The van der Waals surface area contributed by atoms with E-state index in [1.165, 1.54) is 25.2 Å². The zero-order valence-electron chi connectivity index (χ0n) is 9.80. The lowest BCUT2D eigenvalue weighted by atomic mass is 10.4. The van der Waals surface area contributed by atoms with Gasteiger partial charge in [-0.3, -0.25) is 4.79 Å². The Morgan fingerprint density at radius 2 is 1.79 bits per heavy atom. The third-order valence-corrected chi connectivity index (χ3v) is 10.6. The van der Waals surface area contributed by atoms with Crippen LogP contribution in [0.5, 0.6) is 0 Å². The van der Waals surface area contributed by atoms with E-state index in [0.717, 1.165) is 12.0 Å². The van der Waals surface area contributed by atoms with Gasteiger partial charge >= 0.3 is 5.97 Å². The summed E-state index contributed by atoms with van der Waals surface area (Å²) in [6.45, 7) is 6.89. The Kier molecular flexibility index (Phi) is 3.76. The number of carbonyl (C=O) groups excluding carboxylic acids is 1. The van der Waals surface area contributed by atoms with Crippen molar-refractivity contribution in [1.82, 2.24) is 0 Å². The summed E-state index contributed by atoms with van der Waals surface area (Å²) >= 11 is 0. The summed E-state index contributed by atoms with van der Waals surface area (Å²) in [4.78, 5) is 11.4. The van der Waals surface area contributed by atoms with Crippen LogP contribution in [0.3, 0.4) is 0 Å². The van der Waals surface area contributed by atoms with E-state index >= 15 is 0 Å². The maximum Gasteiger partial charge on any atom is 0.308 e. The number of carbonyl (C=O) groups is 1. The van der Waals surface area contributed by atoms with Crippen LogP contribution in [-0.4, -0.2) is 21.2 Å². The molecular formula is C11H22O2Si. The molecule has 1 saturated carbocycles. The van der Waals surface area contributed by atoms with Crippen LogP contribution in [0.1, 0.15) is 27.2 Å². The highest BCUT2D eigenvalue weighted by Gasteiger charge is 2.54. The number of hydrogen-bond donors (Lipinski definition) is 0. The van der Waals surface area contributed by atoms with E-state index in [4.69, 9.17) is 4.74 Å². The fourth-order valence-electron chi connectivity index (χ4n) is 2.82. The van der Waals surface area contributed by atoms with E-state index in [1.54, 1.807) is 0 Å². The smallest absolute Gasteiger partial charge is 0.308 e. The van der Waals surface area contributed by atoms with E-state index in [9.17, 15) is 4.79 Å². The molecule has 0 aromatic heterocycles. The van der Waals surface area contributed by atoms with Gasteiger partial charge < -0.3 is 4.74 Å². The monoisotopic (exact) mass is 214 g/mol. The summed E-state index contributed by atoms with van der Waals surface area (Å²) in [5.74, 6) is 0.286. The fraction of sp³-hybridized carbons (Fsp3) is 0.909. The lowest BCUT2D eigenvalue weighted by Crippen LogP contribution is -2.33. The molecule has 0 bridgehead atoms. The van der Waals surface area contributed by atoms with Gasteiger partial charge in [-0.1, -0.05) is 38.9 Å². The topological polar surface area (TPSA) is 26.3 Å². The second-order valence-electron chi connectivity index (χ2n) is 4.39. The lowest BCUT2D eigenvalue weighted by molar-refractivity contribution is -0.142. The SMILES string of the molecule is CC[Si](CC)(CC)[C@@H]1C[C@@H]1C(=O)OC. The molecule has 1 aliphatic rings. The number of methoxy groups -OCH3 is 1. The van der Waals surface area contributed by atoms with Gasteiger partial charge in [0.2, 0.25) is 0 Å². The Balaban J connectivity index is 2.62. The molecule has 82 valence electrons. The molecule has 14 heavy (non-hydrogen) atoms. The summed E-state index contributed by atoms with van der Waals surface area (Å²) in [5.41, 5.74) is 0.718. The van der Waals surface area contributed by atoms with Gasteiger partial charge in [0, 0.05) is 0 Å². The van der Waals surface area contributed by atoms with Crippen molar-refractivity contribution in [3.63, 3.8) is 0 Å².